The fourth-order valence-electron chi connectivity index (χ4n) is 5.15. The molecule has 3 aromatic heterocycles. The Labute approximate surface area is 215 Å². The molecule has 37 heavy (non-hydrogen) atoms. The number of imidazole rings is 1. The van der Waals surface area contributed by atoms with Crippen LogP contribution in [0, 0.1) is 18.6 Å². The number of anilines is 3. The first kappa shape index (κ1) is 25.0. The molecule has 4 heterocycles. The second-order valence-electron chi connectivity index (χ2n) is 9.79. The molecule has 1 fully saturated rings. The summed E-state index contributed by atoms with van der Waals surface area (Å²) in [6.07, 6.45) is 2.90. The molecule has 194 valence electrons. The number of rotatable bonds is 6. The van der Waals surface area contributed by atoms with Crippen molar-refractivity contribution in [2.24, 2.45) is 0 Å². The van der Waals surface area contributed by atoms with Crippen LogP contribution in [0.25, 0.3) is 22.3 Å². The van der Waals surface area contributed by atoms with Crippen LogP contribution in [0.4, 0.5) is 26.2 Å². The quantitative estimate of drug-likeness (QED) is 0.379. The highest BCUT2D eigenvalue weighted by molar-refractivity contribution is 5.83. The molecule has 0 amide bonds. The number of nitrogens with zero attached hydrogens (tertiary/aromatic N) is 7. The van der Waals surface area contributed by atoms with Crippen LogP contribution < -0.4 is 10.2 Å². The molecule has 8 nitrogen and oxygen atoms in total. The summed E-state index contributed by atoms with van der Waals surface area (Å²) in [5.41, 5.74) is 2.24. The van der Waals surface area contributed by atoms with Gasteiger partial charge in [0.25, 0.3) is 0 Å². The van der Waals surface area contributed by atoms with E-state index in [9.17, 15) is 8.78 Å². The minimum absolute atomic E-state index is 0.00635. The van der Waals surface area contributed by atoms with E-state index in [4.69, 9.17) is 0 Å². The van der Waals surface area contributed by atoms with E-state index in [2.05, 4.69) is 48.9 Å². The molecule has 1 aliphatic heterocycles. The van der Waals surface area contributed by atoms with Gasteiger partial charge in [-0.2, -0.15) is 0 Å². The highest BCUT2D eigenvalue weighted by atomic mass is 19.1. The standard InChI is InChI=1S/C27H32F2N8/c1-6-35-9-10-36(15-17(35)4)20-7-8-24(30-13-20)33-27-31-14-22(29)25(34-27)19-11-21(28)26-23(12-19)37(16(2)3)18(5)32-26/h7-8,11-14,16-17H,6,9-10,15H2,1-5H3,(H,30,31,33,34)/t17-/m1/s1. The lowest BCUT2D eigenvalue weighted by Gasteiger charge is -2.40. The van der Waals surface area contributed by atoms with Crippen molar-refractivity contribution in [2.45, 2.75) is 46.7 Å². The average Bonchev–Trinajstić information content (AvgIpc) is 3.22. The zero-order valence-electron chi connectivity index (χ0n) is 21.8. The number of benzene rings is 1. The third-order valence-corrected chi connectivity index (χ3v) is 6.98. The Balaban J connectivity index is 1.39. The second-order valence-corrected chi connectivity index (χ2v) is 9.79. The topological polar surface area (TPSA) is 75.0 Å². The molecule has 0 aliphatic carbocycles. The van der Waals surface area contributed by atoms with Crippen LogP contribution in [0.15, 0.2) is 36.7 Å². The molecule has 0 bridgehead atoms. The Morgan fingerprint density at radius 1 is 1.05 bits per heavy atom. The van der Waals surface area contributed by atoms with Crippen LogP contribution in [0.5, 0.6) is 0 Å². The van der Waals surface area contributed by atoms with Gasteiger partial charge in [-0.3, -0.25) is 4.90 Å². The number of pyridine rings is 1. The van der Waals surface area contributed by atoms with E-state index >= 15 is 0 Å². The molecule has 1 saturated heterocycles. The minimum atomic E-state index is -0.639. The van der Waals surface area contributed by atoms with Crippen LogP contribution in [0.3, 0.4) is 0 Å². The van der Waals surface area contributed by atoms with Crippen LogP contribution in [-0.4, -0.2) is 61.6 Å². The van der Waals surface area contributed by atoms with E-state index in [0.717, 1.165) is 38.1 Å². The summed E-state index contributed by atoms with van der Waals surface area (Å²) in [6, 6.07) is 7.40. The number of nitrogens with one attached hydrogen (secondary N) is 1. The van der Waals surface area contributed by atoms with Crippen molar-refractivity contribution in [3.05, 3.63) is 54.1 Å². The summed E-state index contributed by atoms with van der Waals surface area (Å²) < 4.78 is 31.7. The number of hydrogen-bond acceptors (Lipinski definition) is 7. The molecule has 1 N–H and O–H groups in total. The van der Waals surface area contributed by atoms with Gasteiger partial charge in [0.2, 0.25) is 5.95 Å². The van der Waals surface area contributed by atoms with Crippen LogP contribution >= 0.6 is 0 Å². The smallest absolute Gasteiger partial charge is 0.229 e. The first-order valence-electron chi connectivity index (χ1n) is 12.7. The van der Waals surface area contributed by atoms with Crippen LogP contribution in [0.2, 0.25) is 0 Å². The van der Waals surface area contributed by atoms with Gasteiger partial charge in [0, 0.05) is 37.3 Å². The van der Waals surface area contributed by atoms with E-state index in [-0.39, 0.29) is 23.2 Å². The van der Waals surface area contributed by atoms with Crippen LogP contribution in [-0.2, 0) is 0 Å². The Hall–Kier alpha value is -3.66. The molecule has 1 aliphatic rings. The van der Waals surface area contributed by atoms with Crippen LogP contribution in [0.1, 0.15) is 39.6 Å². The summed E-state index contributed by atoms with van der Waals surface area (Å²) in [5, 5.41) is 3.04. The third kappa shape index (κ3) is 4.85. The monoisotopic (exact) mass is 506 g/mol. The lowest BCUT2D eigenvalue weighted by atomic mass is 10.1. The summed E-state index contributed by atoms with van der Waals surface area (Å²) in [6.45, 7) is 14.2. The molecule has 0 spiro atoms. The number of fused-ring (bicyclic) bond motifs is 1. The van der Waals surface area contributed by atoms with Crippen molar-refractivity contribution in [3.63, 3.8) is 0 Å². The molecule has 0 unspecified atom stereocenters. The first-order chi connectivity index (χ1) is 17.7. The van der Waals surface area contributed by atoms with E-state index in [1.165, 1.54) is 6.07 Å². The van der Waals surface area contributed by atoms with Crippen molar-refractivity contribution in [3.8, 4) is 11.3 Å². The molecular formula is C27H32F2N8. The van der Waals surface area contributed by atoms with E-state index in [0.29, 0.717) is 28.8 Å². The Bertz CT molecular complexity index is 1420. The number of aromatic nitrogens is 5. The zero-order valence-corrected chi connectivity index (χ0v) is 21.8. The van der Waals surface area contributed by atoms with Crippen molar-refractivity contribution in [2.75, 3.05) is 36.4 Å². The van der Waals surface area contributed by atoms with Gasteiger partial charge in [-0.05, 0) is 58.5 Å². The van der Waals surface area contributed by atoms with Gasteiger partial charge in [-0.1, -0.05) is 6.92 Å². The van der Waals surface area contributed by atoms with Gasteiger partial charge in [-0.15, -0.1) is 0 Å². The number of likely N-dealkylation sites (N-methyl/N-ethyl adjacent to an activating group) is 1. The molecule has 4 aromatic rings. The van der Waals surface area contributed by atoms with Gasteiger partial charge in [-0.25, -0.2) is 28.7 Å². The maximum atomic E-state index is 15.0. The maximum Gasteiger partial charge on any atom is 0.229 e. The maximum absolute atomic E-state index is 15.0. The van der Waals surface area contributed by atoms with E-state index in [1.54, 1.807) is 6.07 Å². The molecule has 5 rings (SSSR count). The van der Waals surface area contributed by atoms with Crippen molar-refractivity contribution >= 4 is 28.5 Å². The van der Waals surface area contributed by atoms with E-state index < -0.39 is 11.6 Å². The lowest BCUT2D eigenvalue weighted by Crippen LogP contribution is -2.51. The van der Waals surface area contributed by atoms with Gasteiger partial charge < -0.3 is 14.8 Å². The second kappa shape index (κ2) is 10.0. The van der Waals surface area contributed by atoms with Gasteiger partial charge in [0.1, 0.15) is 22.9 Å². The number of piperazine rings is 1. The fourth-order valence-corrected chi connectivity index (χ4v) is 5.15. The van der Waals surface area contributed by atoms with Crippen molar-refractivity contribution in [1.82, 2.24) is 29.4 Å². The van der Waals surface area contributed by atoms with Crippen molar-refractivity contribution in [1.29, 1.82) is 0 Å². The summed E-state index contributed by atoms with van der Waals surface area (Å²) in [7, 11) is 0. The molecule has 1 atom stereocenters. The molecular weight excluding hydrogens is 474 g/mol. The first-order valence-corrected chi connectivity index (χ1v) is 12.7. The van der Waals surface area contributed by atoms with Gasteiger partial charge >= 0.3 is 0 Å². The third-order valence-electron chi connectivity index (χ3n) is 6.98. The molecule has 10 heteroatoms. The number of aryl methyl sites for hydroxylation is 1. The fraction of sp³-hybridized carbons (Fsp3) is 0.407. The lowest BCUT2D eigenvalue weighted by molar-refractivity contribution is 0.199. The van der Waals surface area contributed by atoms with Crippen molar-refractivity contribution < 1.29 is 8.78 Å². The Morgan fingerprint density at radius 3 is 2.54 bits per heavy atom. The molecule has 0 radical (unpaired) electrons. The number of hydrogen-bond donors (Lipinski definition) is 1. The predicted molar refractivity (Wildman–Crippen MR) is 142 cm³/mol. The highest BCUT2D eigenvalue weighted by Crippen LogP contribution is 2.30. The molecule has 0 saturated carbocycles. The normalized spacial score (nSPS) is 16.6. The minimum Gasteiger partial charge on any atom is -0.367 e. The summed E-state index contributed by atoms with van der Waals surface area (Å²) in [4.78, 5) is 22.1. The number of halogens is 2. The SMILES string of the molecule is CCN1CCN(c2ccc(Nc3ncc(F)c(-c4cc(F)c5nc(C)n(C(C)C)c5c4)n3)nc2)C[C@H]1C. The zero-order chi connectivity index (χ0) is 26.3. The van der Waals surface area contributed by atoms with E-state index in [1.807, 2.05) is 43.7 Å². The Morgan fingerprint density at radius 2 is 1.86 bits per heavy atom. The largest absolute Gasteiger partial charge is 0.367 e. The molecule has 1 aromatic carbocycles. The summed E-state index contributed by atoms with van der Waals surface area (Å²) >= 11 is 0. The van der Waals surface area contributed by atoms with Gasteiger partial charge in [0.05, 0.1) is 23.6 Å². The average molecular weight is 507 g/mol. The Kier molecular flexibility index (Phi) is 6.76. The summed E-state index contributed by atoms with van der Waals surface area (Å²) in [5.74, 6) is 0.254. The van der Waals surface area contributed by atoms with Gasteiger partial charge in [0.15, 0.2) is 11.6 Å². The highest BCUT2D eigenvalue weighted by Gasteiger charge is 2.23. The predicted octanol–water partition coefficient (Wildman–Crippen LogP) is 5.33.